The van der Waals surface area contributed by atoms with Crippen LogP contribution in [0.25, 0.3) is 22.0 Å². The number of benzene rings is 2. The summed E-state index contributed by atoms with van der Waals surface area (Å²) in [6.07, 6.45) is 4.40. The fraction of sp³-hybridized carbons (Fsp3) is 0.414. The second-order valence-corrected chi connectivity index (χ2v) is 9.56. The predicted octanol–water partition coefficient (Wildman–Crippen LogP) is 5.49. The number of aromatic nitrogens is 1. The highest BCUT2D eigenvalue weighted by Gasteiger charge is 2.42. The summed E-state index contributed by atoms with van der Waals surface area (Å²) in [5.74, 6) is 1.05. The van der Waals surface area contributed by atoms with Crippen molar-refractivity contribution in [3.8, 4) is 16.9 Å². The fourth-order valence-electron chi connectivity index (χ4n) is 6.15. The van der Waals surface area contributed by atoms with Crippen LogP contribution in [-0.2, 0) is 20.7 Å². The average molecular weight is 475 g/mol. The molecule has 2 aromatic carbocycles. The van der Waals surface area contributed by atoms with Gasteiger partial charge in [-0.25, -0.2) is 4.79 Å². The van der Waals surface area contributed by atoms with E-state index >= 15 is 0 Å². The Morgan fingerprint density at radius 1 is 1.14 bits per heavy atom. The molecule has 0 amide bonds. The van der Waals surface area contributed by atoms with Crippen LogP contribution in [0.1, 0.15) is 37.1 Å². The van der Waals surface area contributed by atoms with E-state index in [0.717, 1.165) is 54.7 Å². The number of H-pyrrole nitrogens is 1. The number of fused-ring (bicyclic) bond motifs is 5. The number of hydrogen-bond donors (Lipinski definition) is 1. The Bertz CT molecular complexity index is 1250. The minimum Gasteiger partial charge on any atom is -0.504 e. The molecule has 0 spiro atoms. The summed E-state index contributed by atoms with van der Waals surface area (Å²) in [4.78, 5) is 19.0. The van der Waals surface area contributed by atoms with Crippen LogP contribution in [-0.4, -0.2) is 50.3 Å². The molecule has 6 heteroatoms. The van der Waals surface area contributed by atoms with Crippen molar-refractivity contribution in [2.75, 3.05) is 34.4 Å². The topological polar surface area (TPSA) is 63.8 Å². The van der Waals surface area contributed by atoms with E-state index in [0.29, 0.717) is 11.5 Å². The van der Waals surface area contributed by atoms with E-state index in [1.807, 2.05) is 6.07 Å². The van der Waals surface area contributed by atoms with E-state index in [-0.39, 0.29) is 17.9 Å². The number of methoxy groups -OCH3 is 3. The van der Waals surface area contributed by atoms with Crippen molar-refractivity contribution in [1.29, 1.82) is 0 Å². The molecular weight excluding hydrogens is 440 g/mol. The highest BCUT2D eigenvalue weighted by Crippen LogP contribution is 2.47. The number of carbonyl (C=O) groups excluding carboxylic acids is 1. The Labute approximate surface area is 206 Å². The van der Waals surface area contributed by atoms with Crippen molar-refractivity contribution in [1.82, 2.24) is 9.88 Å². The number of rotatable bonds is 6. The van der Waals surface area contributed by atoms with Crippen molar-refractivity contribution in [2.45, 2.75) is 32.2 Å². The molecule has 1 saturated heterocycles. The number of carbonyl (C=O) groups is 1. The second kappa shape index (κ2) is 9.78. The molecular formula is C29H34N2O4. The summed E-state index contributed by atoms with van der Waals surface area (Å²) in [6, 6.07) is 15.0. The van der Waals surface area contributed by atoms with E-state index in [1.54, 1.807) is 20.5 Å². The van der Waals surface area contributed by atoms with Gasteiger partial charge in [0.05, 0.1) is 44.7 Å². The number of hydrogen-bond acceptors (Lipinski definition) is 5. The minimum absolute atomic E-state index is 0.0767. The summed E-state index contributed by atoms with van der Waals surface area (Å²) in [5, 5.41) is 1.18. The lowest BCUT2D eigenvalue weighted by Crippen LogP contribution is -2.47. The molecule has 0 radical (unpaired) electrons. The number of piperidine rings is 1. The Morgan fingerprint density at radius 3 is 2.63 bits per heavy atom. The molecule has 1 N–H and O–H groups in total. The lowest BCUT2D eigenvalue weighted by atomic mass is 9.74. The standard InChI is InChI=1S/C29H34N2O4/c1-5-18-16-31-12-11-21-27-24(13-20(14-26(27)34-3)19-9-7-6-8-10-19)30-28(21)25(31)15-22(18)23(17-33-2)29(32)35-4/h6-10,13-14,17-18,22,25,30H,5,11-12,15-16H2,1-4H3/b23-17+/t18-,22+,25+/m1/s1. The maximum absolute atomic E-state index is 12.7. The average Bonchev–Trinajstić information content (AvgIpc) is 3.29. The summed E-state index contributed by atoms with van der Waals surface area (Å²) in [6.45, 7) is 4.15. The molecule has 3 aromatic rings. The fourth-order valence-corrected chi connectivity index (χ4v) is 6.15. The predicted molar refractivity (Wildman–Crippen MR) is 137 cm³/mol. The molecule has 2 aliphatic heterocycles. The largest absolute Gasteiger partial charge is 0.504 e. The van der Waals surface area contributed by atoms with Gasteiger partial charge in [0.15, 0.2) is 0 Å². The first-order chi connectivity index (χ1) is 17.1. The van der Waals surface area contributed by atoms with Crippen LogP contribution in [0.4, 0.5) is 0 Å². The zero-order valence-electron chi connectivity index (χ0n) is 21.0. The Hall–Kier alpha value is -3.25. The van der Waals surface area contributed by atoms with Gasteiger partial charge in [-0.1, -0.05) is 43.7 Å². The maximum Gasteiger partial charge on any atom is 0.337 e. The normalized spacial score (nSPS) is 22.4. The molecule has 0 unspecified atom stereocenters. The second-order valence-electron chi connectivity index (χ2n) is 9.56. The molecule has 6 nitrogen and oxygen atoms in total. The van der Waals surface area contributed by atoms with Gasteiger partial charge in [-0.15, -0.1) is 0 Å². The lowest BCUT2D eigenvalue weighted by molar-refractivity contribution is -0.137. The van der Waals surface area contributed by atoms with Gasteiger partial charge in [-0.05, 0) is 53.5 Å². The number of nitrogens with zero attached hydrogens (tertiary/aromatic N) is 1. The van der Waals surface area contributed by atoms with Crippen LogP contribution in [0.2, 0.25) is 0 Å². The van der Waals surface area contributed by atoms with Crippen LogP contribution in [0.15, 0.2) is 54.3 Å². The third-order valence-corrected chi connectivity index (χ3v) is 7.85. The van der Waals surface area contributed by atoms with Gasteiger partial charge in [0.2, 0.25) is 0 Å². The van der Waals surface area contributed by atoms with Gasteiger partial charge < -0.3 is 19.2 Å². The third-order valence-electron chi connectivity index (χ3n) is 7.85. The molecule has 0 saturated carbocycles. The maximum atomic E-state index is 12.7. The van der Waals surface area contributed by atoms with Crippen molar-refractivity contribution in [2.24, 2.45) is 11.8 Å². The molecule has 5 rings (SSSR count). The monoisotopic (exact) mass is 474 g/mol. The van der Waals surface area contributed by atoms with E-state index in [9.17, 15) is 4.79 Å². The Balaban J connectivity index is 1.59. The summed E-state index contributed by atoms with van der Waals surface area (Å²) < 4.78 is 16.3. The van der Waals surface area contributed by atoms with E-state index < -0.39 is 0 Å². The van der Waals surface area contributed by atoms with Crippen LogP contribution in [0, 0.1) is 11.8 Å². The third kappa shape index (κ3) is 4.10. The zero-order chi connectivity index (χ0) is 24.5. The quantitative estimate of drug-likeness (QED) is 0.291. The number of nitrogens with one attached hydrogen (secondary N) is 1. The highest BCUT2D eigenvalue weighted by atomic mass is 16.5. The SMILES string of the molecule is CC[C@@H]1CN2CCc3c([nH]c4cc(-c5ccccc5)cc(OC)c34)[C@@H]2C[C@@H]1/C(=C\OC)C(=O)OC. The van der Waals surface area contributed by atoms with E-state index in [2.05, 4.69) is 53.2 Å². The van der Waals surface area contributed by atoms with E-state index in [4.69, 9.17) is 14.2 Å². The zero-order valence-corrected chi connectivity index (χ0v) is 21.0. The van der Waals surface area contributed by atoms with Gasteiger partial charge in [-0.2, -0.15) is 0 Å². The number of esters is 1. The van der Waals surface area contributed by atoms with Crippen LogP contribution in [0.5, 0.6) is 5.75 Å². The van der Waals surface area contributed by atoms with Gasteiger partial charge >= 0.3 is 5.97 Å². The molecule has 1 aromatic heterocycles. The van der Waals surface area contributed by atoms with Gasteiger partial charge in [0, 0.05) is 24.2 Å². The Kier molecular flexibility index (Phi) is 6.56. The van der Waals surface area contributed by atoms with Crippen molar-refractivity contribution in [3.63, 3.8) is 0 Å². The van der Waals surface area contributed by atoms with Gasteiger partial charge in [0.1, 0.15) is 5.75 Å². The van der Waals surface area contributed by atoms with Crippen molar-refractivity contribution >= 4 is 16.9 Å². The van der Waals surface area contributed by atoms with E-state index in [1.165, 1.54) is 23.8 Å². The Morgan fingerprint density at radius 2 is 1.94 bits per heavy atom. The smallest absolute Gasteiger partial charge is 0.337 e. The molecule has 0 aliphatic carbocycles. The van der Waals surface area contributed by atoms with Crippen LogP contribution >= 0.6 is 0 Å². The first-order valence-corrected chi connectivity index (χ1v) is 12.4. The highest BCUT2D eigenvalue weighted by molar-refractivity contribution is 5.95. The van der Waals surface area contributed by atoms with Gasteiger partial charge in [-0.3, -0.25) is 4.90 Å². The first-order valence-electron chi connectivity index (χ1n) is 12.4. The van der Waals surface area contributed by atoms with Crippen molar-refractivity contribution < 1.29 is 19.0 Å². The van der Waals surface area contributed by atoms with Crippen LogP contribution in [0.3, 0.4) is 0 Å². The van der Waals surface area contributed by atoms with Crippen molar-refractivity contribution in [3.05, 3.63) is 65.6 Å². The first kappa shape index (κ1) is 23.5. The number of aromatic amines is 1. The molecule has 3 heterocycles. The lowest BCUT2D eigenvalue weighted by Gasteiger charge is -2.46. The minimum atomic E-state index is -0.300. The summed E-state index contributed by atoms with van der Waals surface area (Å²) in [7, 11) is 4.78. The molecule has 2 aliphatic rings. The molecule has 0 bridgehead atoms. The molecule has 3 atom stereocenters. The van der Waals surface area contributed by atoms with Gasteiger partial charge in [0.25, 0.3) is 0 Å². The summed E-state index contributed by atoms with van der Waals surface area (Å²) in [5.41, 5.74) is 6.61. The molecule has 35 heavy (non-hydrogen) atoms. The summed E-state index contributed by atoms with van der Waals surface area (Å²) >= 11 is 0. The number of ether oxygens (including phenoxy) is 3. The molecule has 184 valence electrons. The van der Waals surface area contributed by atoms with Crippen LogP contribution < -0.4 is 4.74 Å². The molecule has 1 fully saturated rings.